The smallest absolute Gasteiger partial charge is 0.407 e. The molecular formula is C19H38N2O4. The Bertz CT molecular complexity index is 383. The first-order valence-corrected chi connectivity index (χ1v) is 9.60. The van der Waals surface area contributed by atoms with Gasteiger partial charge in [0.05, 0.1) is 12.7 Å². The lowest BCUT2D eigenvalue weighted by Crippen LogP contribution is -2.42. The van der Waals surface area contributed by atoms with E-state index >= 15 is 0 Å². The Morgan fingerprint density at radius 3 is 2.32 bits per heavy atom. The van der Waals surface area contributed by atoms with Gasteiger partial charge in [0, 0.05) is 31.2 Å². The van der Waals surface area contributed by atoms with Crippen LogP contribution < -0.4 is 10.6 Å². The number of nitrogens with one attached hydrogen (secondary N) is 2. The van der Waals surface area contributed by atoms with Gasteiger partial charge in [0.25, 0.3) is 0 Å². The minimum atomic E-state index is -0.457. The lowest BCUT2D eigenvalue weighted by atomic mass is 9.89. The quantitative estimate of drug-likeness (QED) is 0.552. The number of carbonyl (C=O) groups is 1. The van der Waals surface area contributed by atoms with Crippen molar-refractivity contribution in [3.05, 3.63) is 0 Å². The zero-order chi connectivity index (χ0) is 18.9. The Labute approximate surface area is 153 Å². The maximum absolute atomic E-state index is 11.8. The van der Waals surface area contributed by atoms with Crippen LogP contribution in [0.1, 0.15) is 66.7 Å². The summed E-state index contributed by atoms with van der Waals surface area (Å²) in [4.78, 5) is 11.8. The molecule has 6 heteroatoms. The summed E-state index contributed by atoms with van der Waals surface area (Å²) < 4.78 is 11.2. The number of rotatable bonds is 9. The summed E-state index contributed by atoms with van der Waals surface area (Å²) in [5.74, 6) is 0. The van der Waals surface area contributed by atoms with Gasteiger partial charge in [-0.2, -0.15) is 0 Å². The largest absolute Gasteiger partial charge is 0.444 e. The van der Waals surface area contributed by atoms with Crippen molar-refractivity contribution in [2.45, 2.75) is 84.5 Å². The van der Waals surface area contributed by atoms with Crippen LogP contribution in [-0.2, 0) is 9.47 Å². The van der Waals surface area contributed by atoms with Crippen molar-refractivity contribution in [3.8, 4) is 0 Å². The van der Waals surface area contributed by atoms with Gasteiger partial charge in [-0.05, 0) is 52.9 Å². The maximum Gasteiger partial charge on any atom is 0.407 e. The molecule has 1 atom stereocenters. The SMILES string of the molecule is CCC(C)(CO)CNCCOC1CCC(NC(=O)OC(C)(C)C)CC1. The van der Waals surface area contributed by atoms with Crippen LogP contribution in [0.5, 0.6) is 0 Å². The fourth-order valence-electron chi connectivity index (χ4n) is 2.83. The molecule has 0 bridgehead atoms. The molecule has 0 radical (unpaired) electrons. The monoisotopic (exact) mass is 358 g/mol. The van der Waals surface area contributed by atoms with Gasteiger partial charge in [-0.3, -0.25) is 0 Å². The van der Waals surface area contributed by atoms with Crippen molar-refractivity contribution in [1.29, 1.82) is 0 Å². The third kappa shape index (κ3) is 9.42. The first-order valence-electron chi connectivity index (χ1n) is 9.60. The second-order valence-electron chi connectivity index (χ2n) is 8.49. The van der Waals surface area contributed by atoms with Crippen LogP contribution in [0.15, 0.2) is 0 Å². The average molecular weight is 359 g/mol. The molecule has 1 amide bonds. The van der Waals surface area contributed by atoms with Gasteiger partial charge >= 0.3 is 6.09 Å². The Kier molecular flexibility index (Phi) is 9.17. The second kappa shape index (κ2) is 10.3. The topological polar surface area (TPSA) is 79.8 Å². The number of carbonyl (C=O) groups excluding carboxylic acids is 1. The standard InChI is InChI=1S/C19H38N2O4/c1-6-19(5,14-22)13-20-11-12-24-16-9-7-15(8-10-16)21-17(23)25-18(2,3)4/h15-16,20,22H,6-14H2,1-5H3,(H,21,23). The van der Waals surface area contributed by atoms with Gasteiger partial charge in [0.2, 0.25) is 0 Å². The highest BCUT2D eigenvalue weighted by Gasteiger charge is 2.25. The van der Waals surface area contributed by atoms with Gasteiger partial charge in [0.15, 0.2) is 0 Å². The van der Waals surface area contributed by atoms with E-state index in [1.165, 1.54) is 0 Å². The van der Waals surface area contributed by atoms with E-state index in [4.69, 9.17) is 9.47 Å². The van der Waals surface area contributed by atoms with E-state index < -0.39 is 5.60 Å². The molecule has 6 nitrogen and oxygen atoms in total. The molecule has 148 valence electrons. The van der Waals surface area contributed by atoms with Crippen LogP contribution in [0.4, 0.5) is 4.79 Å². The third-order valence-corrected chi connectivity index (χ3v) is 4.81. The first kappa shape index (κ1) is 22.2. The summed E-state index contributed by atoms with van der Waals surface area (Å²) in [5, 5.41) is 15.7. The molecule has 1 unspecified atom stereocenters. The van der Waals surface area contributed by atoms with E-state index in [0.29, 0.717) is 6.61 Å². The number of hydrogen-bond acceptors (Lipinski definition) is 5. The fourth-order valence-corrected chi connectivity index (χ4v) is 2.83. The Hall–Kier alpha value is -0.850. The zero-order valence-corrected chi connectivity index (χ0v) is 16.7. The van der Waals surface area contributed by atoms with E-state index in [2.05, 4.69) is 24.5 Å². The molecule has 1 saturated carbocycles. The highest BCUT2D eigenvalue weighted by atomic mass is 16.6. The van der Waals surface area contributed by atoms with Crippen molar-refractivity contribution in [2.24, 2.45) is 5.41 Å². The molecule has 0 heterocycles. The van der Waals surface area contributed by atoms with Gasteiger partial charge in [0.1, 0.15) is 5.60 Å². The molecule has 1 rings (SSSR count). The minimum absolute atomic E-state index is 0.0502. The molecular weight excluding hydrogens is 320 g/mol. The Morgan fingerprint density at radius 2 is 1.80 bits per heavy atom. The molecule has 0 saturated heterocycles. The van der Waals surface area contributed by atoms with Crippen LogP contribution in [0.2, 0.25) is 0 Å². The minimum Gasteiger partial charge on any atom is -0.444 e. The summed E-state index contributed by atoms with van der Waals surface area (Å²) in [6.45, 7) is 12.3. The maximum atomic E-state index is 11.8. The summed E-state index contributed by atoms with van der Waals surface area (Å²) in [7, 11) is 0. The summed E-state index contributed by atoms with van der Waals surface area (Å²) in [6.07, 6.45) is 4.67. The number of amides is 1. The first-order chi connectivity index (χ1) is 11.7. The van der Waals surface area contributed by atoms with Gasteiger partial charge in [-0.1, -0.05) is 13.8 Å². The van der Waals surface area contributed by atoms with Crippen LogP contribution in [0.3, 0.4) is 0 Å². The number of aliphatic hydroxyl groups excluding tert-OH is 1. The number of ether oxygens (including phenoxy) is 2. The fraction of sp³-hybridized carbons (Fsp3) is 0.947. The molecule has 25 heavy (non-hydrogen) atoms. The van der Waals surface area contributed by atoms with Gasteiger partial charge in [-0.15, -0.1) is 0 Å². The van der Waals surface area contributed by atoms with Gasteiger partial charge in [-0.25, -0.2) is 4.79 Å². The predicted molar refractivity (Wildman–Crippen MR) is 99.7 cm³/mol. The number of alkyl carbamates (subject to hydrolysis) is 1. The average Bonchev–Trinajstić information content (AvgIpc) is 2.54. The predicted octanol–water partition coefficient (Wildman–Crippen LogP) is 2.84. The number of aliphatic hydroxyl groups is 1. The third-order valence-electron chi connectivity index (χ3n) is 4.81. The van der Waals surface area contributed by atoms with Crippen LogP contribution >= 0.6 is 0 Å². The molecule has 0 aromatic carbocycles. The van der Waals surface area contributed by atoms with Gasteiger partial charge < -0.3 is 25.2 Å². The van der Waals surface area contributed by atoms with Crippen molar-refractivity contribution in [1.82, 2.24) is 10.6 Å². The van der Waals surface area contributed by atoms with Crippen molar-refractivity contribution >= 4 is 6.09 Å². The van der Waals surface area contributed by atoms with E-state index in [-0.39, 0.29) is 30.3 Å². The molecule has 0 spiro atoms. The second-order valence-corrected chi connectivity index (χ2v) is 8.49. The summed E-state index contributed by atoms with van der Waals surface area (Å²) in [5.41, 5.74) is -0.507. The van der Waals surface area contributed by atoms with Crippen molar-refractivity contribution < 1.29 is 19.4 Å². The van der Waals surface area contributed by atoms with E-state index in [1.54, 1.807) is 0 Å². The van der Waals surface area contributed by atoms with Crippen LogP contribution in [0.25, 0.3) is 0 Å². The molecule has 1 fully saturated rings. The highest BCUT2D eigenvalue weighted by molar-refractivity contribution is 5.68. The Morgan fingerprint density at radius 1 is 1.16 bits per heavy atom. The highest BCUT2D eigenvalue weighted by Crippen LogP contribution is 2.22. The summed E-state index contributed by atoms with van der Waals surface area (Å²) >= 11 is 0. The lowest BCUT2D eigenvalue weighted by molar-refractivity contribution is 0.0182. The van der Waals surface area contributed by atoms with E-state index in [1.807, 2.05) is 20.8 Å². The molecule has 0 aliphatic heterocycles. The lowest BCUT2D eigenvalue weighted by Gasteiger charge is -2.30. The van der Waals surface area contributed by atoms with Crippen molar-refractivity contribution in [2.75, 3.05) is 26.3 Å². The summed E-state index contributed by atoms with van der Waals surface area (Å²) in [6, 6.07) is 0.183. The van der Waals surface area contributed by atoms with Crippen molar-refractivity contribution in [3.63, 3.8) is 0 Å². The normalized spacial score (nSPS) is 23.8. The zero-order valence-electron chi connectivity index (χ0n) is 16.7. The number of hydrogen-bond donors (Lipinski definition) is 3. The molecule has 0 aromatic rings. The molecule has 0 aromatic heterocycles. The molecule has 1 aliphatic rings. The van der Waals surface area contributed by atoms with E-state index in [9.17, 15) is 9.90 Å². The van der Waals surface area contributed by atoms with Crippen LogP contribution in [0, 0.1) is 5.41 Å². The van der Waals surface area contributed by atoms with E-state index in [0.717, 1.165) is 45.2 Å². The Balaban J connectivity index is 2.12. The molecule has 1 aliphatic carbocycles. The van der Waals surface area contributed by atoms with Crippen LogP contribution in [-0.4, -0.2) is 55.2 Å². The molecule has 3 N–H and O–H groups in total.